The third kappa shape index (κ3) is 2.95. The normalized spacial score (nSPS) is 10.2. The van der Waals surface area contributed by atoms with Gasteiger partial charge in [-0.3, -0.25) is 4.79 Å². The van der Waals surface area contributed by atoms with Crippen molar-refractivity contribution in [2.24, 2.45) is 5.73 Å². The summed E-state index contributed by atoms with van der Waals surface area (Å²) in [5.41, 5.74) is 13.6. The summed E-state index contributed by atoms with van der Waals surface area (Å²) in [5.74, 6) is -0.547. The van der Waals surface area contributed by atoms with Gasteiger partial charge in [0.2, 0.25) is 5.95 Å². The van der Waals surface area contributed by atoms with E-state index in [1.54, 1.807) is 0 Å². The maximum absolute atomic E-state index is 11.3. The van der Waals surface area contributed by atoms with E-state index >= 15 is 0 Å². The second kappa shape index (κ2) is 4.89. The molecule has 2 rings (SSSR count). The number of nitrogen functional groups attached to an aromatic ring is 1. The highest BCUT2D eigenvalue weighted by Gasteiger charge is 2.13. The Morgan fingerprint density at radius 1 is 1.16 bits per heavy atom. The fourth-order valence-electron chi connectivity index (χ4n) is 1.78. The monoisotopic (exact) mass is 258 g/mol. The number of carbonyl (C=O) groups excluding carboxylic acids is 1. The van der Waals surface area contributed by atoms with Gasteiger partial charge in [0.1, 0.15) is 0 Å². The molecule has 0 fully saturated rings. The van der Waals surface area contributed by atoms with Gasteiger partial charge in [-0.2, -0.15) is 4.98 Å². The number of nitrogens with one attached hydrogen (secondary N) is 1. The van der Waals surface area contributed by atoms with Crippen LogP contribution < -0.4 is 16.8 Å². The molecule has 2 aromatic rings. The number of aryl methyl sites for hydroxylation is 2. The van der Waals surface area contributed by atoms with E-state index in [2.05, 4.69) is 20.5 Å². The molecule has 1 heterocycles. The van der Waals surface area contributed by atoms with Crippen molar-refractivity contribution in [1.82, 2.24) is 15.2 Å². The van der Waals surface area contributed by atoms with Gasteiger partial charge < -0.3 is 16.8 Å². The molecule has 1 amide bonds. The topological polar surface area (TPSA) is 120 Å². The lowest BCUT2D eigenvalue weighted by Gasteiger charge is -2.09. The molecule has 0 atom stereocenters. The molecule has 1 aromatic carbocycles. The average Bonchev–Trinajstić information content (AvgIpc) is 2.26. The maximum Gasteiger partial charge on any atom is 0.273 e. The van der Waals surface area contributed by atoms with Gasteiger partial charge >= 0.3 is 0 Å². The van der Waals surface area contributed by atoms with Gasteiger partial charge in [-0.25, -0.2) is 0 Å². The number of hydrogen-bond acceptors (Lipinski definition) is 6. The van der Waals surface area contributed by atoms with Gasteiger partial charge in [-0.15, -0.1) is 10.2 Å². The van der Waals surface area contributed by atoms with Crippen molar-refractivity contribution >= 4 is 23.4 Å². The lowest BCUT2D eigenvalue weighted by molar-refractivity contribution is 0.0995. The summed E-state index contributed by atoms with van der Waals surface area (Å²) >= 11 is 0. The molecule has 5 N–H and O–H groups in total. The molecular formula is C12H14N6O. The zero-order valence-corrected chi connectivity index (χ0v) is 10.6. The number of aromatic nitrogens is 3. The average molecular weight is 258 g/mol. The highest BCUT2D eigenvalue weighted by Crippen LogP contribution is 2.20. The van der Waals surface area contributed by atoms with Crippen LogP contribution in [0.15, 0.2) is 18.2 Å². The summed E-state index contributed by atoms with van der Waals surface area (Å²) < 4.78 is 0. The van der Waals surface area contributed by atoms with Crippen molar-refractivity contribution in [3.8, 4) is 0 Å². The van der Waals surface area contributed by atoms with Crippen LogP contribution in [0.1, 0.15) is 21.6 Å². The first-order valence-electron chi connectivity index (χ1n) is 5.61. The molecule has 7 heteroatoms. The Bertz CT molecular complexity index is 620. The Kier molecular flexibility index (Phi) is 3.28. The Hall–Kier alpha value is -2.70. The van der Waals surface area contributed by atoms with Crippen LogP contribution in [-0.2, 0) is 0 Å². The van der Waals surface area contributed by atoms with E-state index < -0.39 is 5.91 Å². The number of primary amides is 1. The predicted molar refractivity (Wildman–Crippen MR) is 72.0 cm³/mol. The Balaban J connectivity index is 2.42. The molecule has 7 nitrogen and oxygen atoms in total. The molecule has 0 unspecified atom stereocenters. The minimum absolute atomic E-state index is 0.0307. The van der Waals surface area contributed by atoms with Crippen LogP contribution in [0, 0.1) is 13.8 Å². The molecule has 0 aliphatic carbocycles. The Morgan fingerprint density at radius 2 is 1.79 bits per heavy atom. The highest BCUT2D eigenvalue weighted by atomic mass is 16.1. The zero-order chi connectivity index (χ0) is 14.0. The number of nitrogens with two attached hydrogens (primary N) is 2. The van der Waals surface area contributed by atoms with Crippen LogP contribution in [0.4, 0.5) is 17.5 Å². The molecule has 0 aliphatic rings. The summed E-state index contributed by atoms with van der Waals surface area (Å²) in [6.07, 6.45) is 0. The van der Waals surface area contributed by atoms with Crippen molar-refractivity contribution in [1.29, 1.82) is 0 Å². The van der Waals surface area contributed by atoms with Crippen LogP contribution in [-0.4, -0.2) is 21.1 Å². The van der Waals surface area contributed by atoms with Gasteiger partial charge in [0.05, 0.1) is 0 Å². The largest absolute Gasteiger partial charge is 0.366 e. The van der Waals surface area contributed by atoms with Crippen LogP contribution >= 0.6 is 0 Å². The minimum atomic E-state index is -0.716. The summed E-state index contributed by atoms with van der Waals surface area (Å²) in [7, 11) is 0. The van der Waals surface area contributed by atoms with Gasteiger partial charge in [0.25, 0.3) is 5.91 Å². The fraction of sp³-hybridized carbons (Fsp3) is 0.167. The minimum Gasteiger partial charge on any atom is -0.366 e. The molecule has 19 heavy (non-hydrogen) atoms. The summed E-state index contributed by atoms with van der Waals surface area (Å²) in [6.45, 7) is 3.94. The van der Waals surface area contributed by atoms with Crippen molar-refractivity contribution < 1.29 is 4.79 Å². The SMILES string of the molecule is Cc1cc(C)cc(Nc2nc(N)nnc2C(N)=O)c1. The summed E-state index contributed by atoms with van der Waals surface area (Å²) in [6, 6.07) is 5.86. The van der Waals surface area contributed by atoms with E-state index in [9.17, 15) is 4.79 Å². The van der Waals surface area contributed by atoms with Crippen LogP contribution in [0.25, 0.3) is 0 Å². The van der Waals surface area contributed by atoms with Gasteiger partial charge in [-0.1, -0.05) is 6.07 Å². The number of nitrogens with zero attached hydrogens (tertiary/aromatic N) is 3. The number of benzene rings is 1. The highest BCUT2D eigenvalue weighted by molar-refractivity contribution is 5.96. The Labute approximate surface area is 110 Å². The van der Waals surface area contributed by atoms with Gasteiger partial charge in [-0.05, 0) is 37.1 Å². The third-order valence-corrected chi connectivity index (χ3v) is 2.42. The molecule has 98 valence electrons. The Morgan fingerprint density at radius 3 is 2.37 bits per heavy atom. The van der Waals surface area contributed by atoms with E-state index in [1.165, 1.54) is 0 Å². The maximum atomic E-state index is 11.3. The number of anilines is 3. The second-order valence-electron chi connectivity index (χ2n) is 4.23. The summed E-state index contributed by atoms with van der Waals surface area (Å²) in [4.78, 5) is 15.2. The lowest BCUT2D eigenvalue weighted by atomic mass is 10.1. The molecule has 1 aromatic heterocycles. The number of carbonyl (C=O) groups is 1. The zero-order valence-electron chi connectivity index (χ0n) is 10.6. The third-order valence-electron chi connectivity index (χ3n) is 2.42. The molecule has 0 radical (unpaired) electrons. The van der Waals surface area contributed by atoms with Crippen LogP contribution in [0.2, 0.25) is 0 Å². The van der Waals surface area contributed by atoms with E-state index in [0.717, 1.165) is 16.8 Å². The van der Waals surface area contributed by atoms with E-state index in [0.29, 0.717) is 0 Å². The van der Waals surface area contributed by atoms with Crippen LogP contribution in [0.5, 0.6) is 0 Å². The van der Waals surface area contributed by atoms with E-state index in [4.69, 9.17) is 11.5 Å². The first-order valence-corrected chi connectivity index (χ1v) is 5.61. The first-order chi connectivity index (χ1) is 8.95. The summed E-state index contributed by atoms with van der Waals surface area (Å²) in [5, 5.41) is 10.1. The smallest absolute Gasteiger partial charge is 0.273 e. The standard InChI is InChI=1S/C12H14N6O/c1-6-3-7(2)5-8(4-6)15-11-9(10(13)19)17-18-12(14)16-11/h3-5H,1-2H3,(H2,13,19)(H3,14,15,16,18). The van der Waals surface area contributed by atoms with E-state index in [-0.39, 0.29) is 17.5 Å². The number of rotatable bonds is 3. The van der Waals surface area contributed by atoms with Gasteiger partial charge in [0, 0.05) is 5.69 Å². The van der Waals surface area contributed by atoms with Crippen molar-refractivity contribution in [2.45, 2.75) is 13.8 Å². The predicted octanol–water partition coefficient (Wildman–Crippen LogP) is 0.913. The molecule has 0 aliphatic heterocycles. The van der Waals surface area contributed by atoms with E-state index in [1.807, 2.05) is 32.0 Å². The van der Waals surface area contributed by atoms with Crippen LogP contribution in [0.3, 0.4) is 0 Å². The molecule has 0 spiro atoms. The molecule has 0 bridgehead atoms. The number of hydrogen-bond donors (Lipinski definition) is 3. The lowest BCUT2D eigenvalue weighted by Crippen LogP contribution is -2.18. The fourth-order valence-corrected chi connectivity index (χ4v) is 1.78. The molecule has 0 saturated carbocycles. The van der Waals surface area contributed by atoms with Gasteiger partial charge in [0.15, 0.2) is 11.5 Å². The van der Waals surface area contributed by atoms with Crippen molar-refractivity contribution in [3.05, 3.63) is 35.0 Å². The molecular weight excluding hydrogens is 244 g/mol. The molecule has 0 saturated heterocycles. The quantitative estimate of drug-likeness (QED) is 0.752. The van der Waals surface area contributed by atoms with Crippen molar-refractivity contribution in [3.63, 3.8) is 0 Å². The second-order valence-corrected chi connectivity index (χ2v) is 4.23. The van der Waals surface area contributed by atoms with Crippen molar-refractivity contribution in [2.75, 3.05) is 11.1 Å². The first kappa shape index (κ1) is 12.7. The number of amides is 1.